The van der Waals surface area contributed by atoms with Crippen LogP contribution in [-0.4, -0.2) is 23.1 Å². The predicted octanol–water partition coefficient (Wildman–Crippen LogP) is 4.65. The van der Waals surface area contributed by atoms with Crippen LogP contribution in [0.15, 0.2) is 60.7 Å². The molecule has 2 atom stereocenters. The highest BCUT2D eigenvalue weighted by Gasteiger charge is 2.42. The lowest BCUT2D eigenvalue weighted by Crippen LogP contribution is -2.44. The maximum Gasteiger partial charge on any atom is 0.226 e. The van der Waals surface area contributed by atoms with Crippen molar-refractivity contribution in [3.63, 3.8) is 0 Å². The molecule has 28 heavy (non-hydrogen) atoms. The van der Waals surface area contributed by atoms with Gasteiger partial charge in [-0.15, -0.1) is 0 Å². The molecule has 0 spiro atoms. The summed E-state index contributed by atoms with van der Waals surface area (Å²) in [4.78, 5) is 27.9. The van der Waals surface area contributed by atoms with Crippen LogP contribution in [0.5, 0.6) is 0 Å². The third-order valence-electron chi connectivity index (χ3n) is 6.44. The van der Waals surface area contributed by atoms with Crippen molar-refractivity contribution in [2.45, 2.75) is 45.1 Å². The van der Waals surface area contributed by atoms with E-state index in [0.717, 1.165) is 50.6 Å². The molecule has 0 aliphatic heterocycles. The SMILES string of the molecule is O=C1C2CCCC1CC(C(=O)N(CCc1ccccc1)Cc1ccccc1)C2. The van der Waals surface area contributed by atoms with Gasteiger partial charge in [0.2, 0.25) is 5.91 Å². The van der Waals surface area contributed by atoms with Crippen molar-refractivity contribution in [3.8, 4) is 0 Å². The van der Waals surface area contributed by atoms with E-state index in [4.69, 9.17) is 0 Å². The molecule has 146 valence electrons. The fourth-order valence-corrected chi connectivity index (χ4v) is 4.92. The first-order valence-corrected chi connectivity index (χ1v) is 10.6. The maximum absolute atomic E-state index is 13.5. The third kappa shape index (κ3) is 4.35. The lowest BCUT2D eigenvalue weighted by molar-refractivity contribution is -0.143. The van der Waals surface area contributed by atoms with Crippen LogP contribution >= 0.6 is 0 Å². The molecule has 0 heterocycles. The Morgan fingerprint density at radius 1 is 0.857 bits per heavy atom. The fourth-order valence-electron chi connectivity index (χ4n) is 4.92. The van der Waals surface area contributed by atoms with E-state index in [9.17, 15) is 9.59 Å². The second-order valence-corrected chi connectivity index (χ2v) is 8.38. The minimum Gasteiger partial charge on any atom is -0.338 e. The number of ketones is 1. The molecule has 2 fully saturated rings. The number of carbonyl (C=O) groups is 2. The monoisotopic (exact) mass is 375 g/mol. The highest BCUT2D eigenvalue weighted by molar-refractivity contribution is 5.88. The molecule has 2 aromatic carbocycles. The molecule has 2 unspecified atom stereocenters. The van der Waals surface area contributed by atoms with E-state index in [-0.39, 0.29) is 23.7 Å². The van der Waals surface area contributed by atoms with Crippen LogP contribution in [0.4, 0.5) is 0 Å². The quantitative estimate of drug-likeness (QED) is 0.737. The van der Waals surface area contributed by atoms with Crippen molar-refractivity contribution < 1.29 is 9.59 Å². The van der Waals surface area contributed by atoms with E-state index in [0.29, 0.717) is 12.3 Å². The Balaban J connectivity index is 1.48. The molecule has 0 aromatic heterocycles. The molecular formula is C25H29NO2. The van der Waals surface area contributed by atoms with Gasteiger partial charge in [-0.1, -0.05) is 67.1 Å². The lowest BCUT2D eigenvalue weighted by Gasteiger charge is -2.39. The number of Topliss-reactive ketones (excluding diaryl/α,β-unsaturated/α-hetero) is 1. The second kappa shape index (κ2) is 8.72. The Morgan fingerprint density at radius 3 is 2.04 bits per heavy atom. The standard InChI is InChI=1S/C25H29NO2/c27-24-21-12-7-13-22(24)17-23(16-21)25(28)26(18-20-10-5-2-6-11-20)15-14-19-8-3-1-4-9-19/h1-6,8-11,21-23H,7,12-18H2. The molecule has 2 aliphatic carbocycles. The van der Waals surface area contributed by atoms with Gasteiger partial charge in [0.25, 0.3) is 0 Å². The summed E-state index contributed by atoms with van der Waals surface area (Å²) in [6.07, 6.45) is 5.46. The van der Waals surface area contributed by atoms with Crippen LogP contribution in [-0.2, 0) is 22.6 Å². The number of carbonyl (C=O) groups excluding carboxylic acids is 2. The third-order valence-corrected chi connectivity index (χ3v) is 6.44. The van der Waals surface area contributed by atoms with Crippen LogP contribution in [0, 0.1) is 17.8 Å². The van der Waals surface area contributed by atoms with Crippen molar-refractivity contribution >= 4 is 11.7 Å². The van der Waals surface area contributed by atoms with Crippen LogP contribution in [0.3, 0.4) is 0 Å². The zero-order valence-electron chi connectivity index (χ0n) is 16.4. The van der Waals surface area contributed by atoms with Crippen LogP contribution in [0.25, 0.3) is 0 Å². The van der Waals surface area contributed by atoms with Crippen molar-refractivity contribution in [2.75, 3.05) is 6.54 Å². The number of hydrogen-bond acceptors (Lipinski definition) is 2. The first-order valence-electron chi connectivity index (χ1n) is 10.6. The van der Waals surface area contributed by atoms with Gasteiger partial charge in [-0.2, -0.15) is 0 Å². The van der Waals surface area contributed by atoms with Gasteiger partial charge in [0.1, 0.15) is 5.78 Å². The summed E-state index contributed by atoms with van der Waals surface area (Å²) in [5.41, 5.74) is 2.42. The number of fused-ring (bicyclic) bond motifs is 2. The first kappa shape index (κ1) is 18.9. The minimum absolute atomic E-state index is 0.00693. The molecule has 2 aliphatic rings. The largest absolute Gasteiger partial charge is 0.338 e. The number of nitrogens with zero attached hydrogens (tertiary/aromatic N) is 1. The molecule has 0 saturated heterocycles. The number of amides is 1. The smallest absolute Gasteiger partial charge is 0.226 e. The van der Waals surface area contributed by atoms with Gasteiger partial charge >= 0.3 is 0 Å². The topological polar surface area (TPSA) is 37.4 Å². The summed E-state index contributed by atoms with van der Waals surface area (Å²) in [6, 6.07) is 20.6. The van der Waals surface area contributed by atoms with E-state index in [1.807, 2.05) is 41.3 Å². The zero-order chi connectivity index (χ0) is 19.3. The number of hydrogen-bond donors (Lipinski definition) is 0. The second-order valence-electron chi connectivity index (χ2n) is 8.38. The predicted molar refractivity (Wildman–Crippen MR) is 111 cm³/mol. The van der Waals surface area contributed by atoms with Crippen LogP contribution in [0.2, 0.25) is 0 Å². The summed E-state index contributed by atoms with van der Waals surface area (Å²) in [5, 5.41) is 0. The van der Waals surface area contributed by atoms with Crippen LogP contribution in [0.1, 0.15) is 43.2 Å². The Bertz CT molecular complexity index is 786. The molecule has 2 saturated carbocycles. The van der Waals surface area contributed by atoms with Crippen LogP contribution < -0.4 is 0 Å². The van der Waals surface area contributed by atoms with Gasteiger partial charge in [-0.25, -0.2) is 0 Å². The zero-order valence-corrected chi connectivity index (χ0v) is 16.4. The molecule has 4 rings (SSSR count). The minimum atomic E-state index is 0.00693. The summed E-state index contributed by atoms with van der Waals surface area (Å²) in [7, 11) is 0. The highest BCUT2D eigenvalue weighted by Crippen LogP contribution is 2.40. The molecule has 2 aromatic rings. The maximum atomic E-state index is 13.5. The van der Waals surface area contributed by atoms with E-state index < -0.39 is 0 Å². The first-order chi connectivity index (χ1) is 13.7. The molecule has 1 amide bonds. The van der Waals surface area contributed by atoms with Gasteiger partial charge in [-0.3, -0.25) is 9.59 Å². The van der Waals surface area contributed by atoms with Gasteiger partial charge in [-0.05, 0) is 43.2 Å². The van der Waals surface area contributed by atoms with E-state index in [1.165, 1.54) is 5.56 Å². The Hall–Kier alpha value is -2.42. The molecule has 0 N–H and O–H groups in total. The average molecular weight is 376 g/mol. The Labute approximate surface area is 167 Å². The van der Waals surface area contributed by atoms with Gasteiger partial charge < -0.3 is 4.90 Å². The fraction of sp³-hybridized carbons (Fsp3) is 0.440. The van der Waals surface area contributed by atoms with Crippen molar-refractivity contribution in [1.29, 1.82) is 0 Å². The van der Waals surface area contributed by atoms with E-state index in [1.54, 1.807) is 0 Å². The Morgan fingerprint density at radius 2 is 1.43 bits per heavy atom. The highest BCUT2D eigenvalue weighted by atomic mass is 16.2. The summed E-state index contributed by atoms with van der Waals surface area (Å²) >= 11 is 0. The number of rotatable bonds is 6. The van der Waals surface area contributed by atoms with E-state index >= 15 is 0 Å². The van der Waals surface area contributed by atoms with Crippen molar-refractivity contribution in [1.82, 2.24) is 4.90 Å². The summed E-state index contributed by atoms with van der Waals surface area (Å²) < 4.78 is 0. The normalized spacial score (nSPS) is 24.0. The number of benzene rings is 2. The molecule has 3 nitrogen and oxygen atoms in total. The van der Waals surface area contributed by atoms with E-state index in [2.05, 4.69) is 24.3 Å². The molecule has 3 heteroatoms. The summed E-state index contributed by atoms with van der Waals surface area (Å²) in [6.45, 7) is 1.36. The van der Waals surface area contributed by atoms with Gasteiger partial charge in [0.05, 0.1) is 0 Å². The Kier molecular flexibility index (Phi) is 5.90. The van der Waals surface area contributed by atoms with Crippen molar-refractivity contribution in [3.05, 3.63) is 71.8 Å². The summed E-state index contributed by atoms with van der Waals surface area (Å²) in [5.74, 6) is 0.911. The molecule has 0 radical (unpaired) electrons. The van der Waals surface area contributed by atoms with Crippen molar-refractivity contribution in [2.24, 2.45) is 17.8 Å². The molecular weight excluding hydrogens is 346 g/mol. The van der Waals surface area contributed by atoms with Gasteiger partial charge in [0.15, 0.2) is 0 Å². The molecule has 2 bridgehead atoms. The average Bonchev–Trinajstić information content (AvgIpc) is 2.72. The lowest BCUT2D eigenvalue weighted by atomic mass is 9.67. The van der Waals surface area contributed by atoms with Gasteiger partial charge in [0, 0.05) is 30.8 Å².